The number of nitrogens with zero attached hydrogens (tertiary/aromatic N) is 1. The Balaban J connectivity index is 0.00000240. The molecule has 1 aromatic heterocycles. The molecule has 0 unspecified atom stereocenters. The summed E-state index contributed by atoms with van der Waals surface area (Å²) in [6.45, 7) is 3.03. The van der Waals surface area contributed by atoms with Gasteiger partial charge in [0.1, 0.15) is 11.6 Å². The largest absolute Gasteiger partial charge is 0.494 e. The summed E-state index contributed by atoms with van der Waals surface area (Å²) in [7, 11) is 3.85. The Morgan fingerprint density at radius 1 is 1.06 bits per heavy atom. The van der Waals surface area contributed by atoms with E-state index in [4.69, 9.17) is 4.74 Å². The minimum atomic E-state index is 0. The van der Waals surface area contributed by atoms with Gasteiger partial charge in [-0.05, 0) is 69.5 Å². The fourth-order valence-corrected chi connectivity index (χ4v) is 3.88. The molecule has 0 spiro atoms. The second-order valence-electron chi connectivity index (χ2n) is 7.49. The van der Waals surface area contributed by atoms with E-state index in [2.05, 4.69) is 27.0 Å². The number of ether oxygens (including phenoxy) is 1. The Morgan fingerprint density at radius 3 is 2.35 bits per heavy atom. The lowest BCUT2D eigenvalue weighted by Crippen LogP contribution is -2.37. The van der Waals surface area contributed by atoms with Crippen LogP contribution in [0, 0.1) is 5.92 Å². The minimum absolute atomic E-state index is 0. The topological polar surface area (TPSA) is 75.3 Å². The quantitative estimate of drug-likeness (QED) is 0.534. The van der Waals surface area contributed by atoms with Crippen LogP contribution in [0.5, 0.6) is 5.75 Å². The van der Waals surface area contributed by atoms with Crippen LogP contribution >= 0.6 is 24.8 Å². The van der Waals surface area contributed by atoms with E-state index in [0.29, 0.717) is 19.2 Å². The van der Waals surface area contributed by atoms with Crippen molar-refractivity contribution >= 4 is 36.5 Å². The number of anilines is 1. The number of hydrogen-bond acceptors (Lipinski definition) is 5. The fourth-order valence-electron chi connectivity index (χ4n) is 3.88. The molecule has 1 amide bonds. The Labute approximate surface area is 197 Å². The molecule has 1 heterocycles. The summed E-state index contributed by atoms with van der Waals surface area (Å²) in [6.07, 6.45) is 5.86. The minimum Gasteiger partial charge on any atom is -0.494 e. The van der Waals surface area contributed by atoms with Gasteiger partial charge in [-0.3, -0.25) is 4.79 Å². The molecule has 0 saturated heterocycles. The molecule has 172 valence electrons. The number of hydrogen-bond donors (Lipinski definition) is 3. The smallest absolute Gasteiger partial charge is 0.223 e. The average Bonchev–Trinajstić information content (AvgIpc) is 2.78. The lowest BCUT2D eigenvalue weighted by molar-refractivity contribution is -0.126. The Bertz CT molecular complexity index is 810. The SMILES string of the molecule is CCOc1ccc(-c2ccc(NC)nc2)cc1CNC(=O)C1CCC(NC)CC1.Cl.Cl. The summed E-state index contributed by atoms with van der Waals surface area (Å²) >= 11 is 0. The van der Waals surface area contributed by atoms with Gasteiger partial charge in [0.05, 0.1) is 6.61 Å². The molecule has 1 aliphatic rings. The predicted octanol–water partition coefficient (Wildman–Crippen LogP) is 4.43. The molecule has 2 aromatic rings. The van der Waals surface area contributed by atoms with Crippen LogP contribution in [0.2, 0.25) is 0 Å². The molecule has 8 heteroatoms. The van der Waals surface area contributed by atoms with Crippen molar-refractivity contribution < 1.29 is 9.53 Å². The first kappa shape index (κ1) is 27.0. The summed E-state index contributed by atoms with van der Waals surface area (Å²) in [6, 6.07) is 10.6. The molecule has 1 saturated carbocycles. The number of rotatable bonds is 8. The molecule has 0 bridgehead atoms. The van der Waals surface area contributed by atoms with E-state index in [1.807, 2.05) is 51.5 Å². The zero-order chi connectivity index (χ0) is 20.6. The molecule has 0 radical (unpaired) electrons. The van der Waals surface area contributed by atoms with E-state index in [0.717, 1.165) is 53.9 Å². The van der Waals surface area contributed by atoms with Crippen LogP contribution in [0.1, 0.15) is 38.2 Å². The normalized spacial score (nSPS) is 17.6. The maximum atomic E-state index is 12.7. The molecule has 1 fully saturated rings. The average molecular weight is 469 g/mol. The first-order valence-corrected chi connectivity index (χ1v) is 10.5. The molecule has 3 rings (SSSR count). The number of nitrogens with one attached hydrogen (secondary N) is 3. The third-order valence-corrected chi connectivity index (χ3v) is 5.67. The number of pyridine rings is 1. The lowest BCUT2D eigenvalue weighted by Gasteiger charge is -2.27. The van der Waals surface area contributed by atoms with Crippen LogP contribution in [-0.2, 0) is 11.3 Å². The number of halogens is 2. The van der Waals surface area contributed by atoms with Crippen molar-refractivity contribution in [2.45, 2.75) is 45.2 Å². The van der Waals surface area contributed by atoms with Crippen molar-refractivity contribution in [1.29, 1.82) is 0 Å². The van der Waals surface area contributed by atoms with Gasteiger partial charge in [0.25, 0.3) is 0 Å². The highest BCUT2D eigenvalue weighted by Crippen LogP contribution is 2.28. The van der Waals surface area contributed by atoms with Gasteiger partial charge in [-0.2, -0.15) is 0 Å². The molecular weight excluding hydrogens is 435 g/mol. The van der Waals surface area contributed by atoms with E-state index in [-0.39, 0.29) is 36.6 Å². The zero-order valence-corrected chi connectivity index (χ0v) is 20.1. The summed E-state index contributed by atoms with van der Waals surface area (Å²) in [5.74, 6) is 1.90. The highest BCUT2D eigenvalue weighted by Gasteiger charge is 2.25. The van der Waals surface area contributed by atoms with Crippen molar-refractivity contribution in [2.24, 2.45) is 5.92 Å². The molecular formula is C23H34Cl2N4O2. The second-order valence-corrected chi connectivity index (χ2v) is 7.49. The van der Waals surface area contributed by atoms with Gasteiger partial charge < -0.3 is 20.7 Å². The summed E-state index contributed by atoms with van der Waals surface area (Å²) in [5, 5.41) is 9.48. The second kappa shape index (κ2) is 13.4. The summed E-state index contributed by atoms with van der Waals surface area (Å²) in [4.78, 5) is 17.1. The van der Waals surface area contributed by atoms with Gasteiger partial charge in [-0.15, -0.1) is 24.8 Å². The zero-order valence-electron chi connectivity index (χ0n) is 18.4. The summed E-state index contributed by atoms with van der Waals surface area (Å²) in [5.41, 5.74) is 3.08. The van der Waals surface area contributed by atoms with Crippen LogP contribution in [-0.4, -0.2) is 37.6 Å². The van der Waals surface area contributed by atoms with Crippen molar-refractivity contribution in [3.05, 3.63) is 42.1 Å². The summed E-state index contributed by atoms with van der Waals surface area (Å²) < 4.78 is 5.79. The predicted molar refractivity (Wildman–Crippen MR) is 132 cm³/mol. The van der Waals surface area contributed by atoms with E-state index in [1.165, 1.54) is 0 Å². The Morgan fingerprint density at radius 2 is 1.77 bits per heavy atom. The van der Waals surface area contributed by atoms with E-state index < -0.39 is 0 Å². The highest BCUT2D eigenvalue weighted by atomic mass is 35.5. The first-order valence-electron chi connectivity index (χ1n) is 10.5. The van der Waals surface area contributed by atoms with Crippen LogP contribution in [0.3, 0.4) is 0 Å². The van der Waals surface area contributed by atoms with Gasteiger partial charge in [0.15, 0.2) is 0 Å². The molecule has 1 aromatic carbocycles. The first-order chi connectivity index (χ1) is 14.1. The van der Waals surface area contributed by atoms with Crippen LogP contribution in [0.25, 0.3) is 11.1 Å². The maximum absolute atomic E-state index is 12.7. The third-order valence-electron chi connectivity index (χ3n) is 5.67. The molecule has 3 N–H and O–H groups in total. The molecule has 1 aliphatic carbocycles. The molecule has 31 heavy (non-hydrogen) atoms. The van der Waals surface area contributed by atoms with Crippen molar-refractivity contribution in [3.8, 4) is 16.9 Å². The fraction of sp³-hybridized carbons (Fsp3) is 0.478. The maximum Gasteiger partial charge on any atom is 0.223 e. The number of benzene rings is 1. The monoisotopic (exact) mass is 468 g/mol. The highest BCUT2D eigenvalue weighted by molar-refractivity contribution is 5.85. The lowest BCUT2D eigenvalue weighted by atomic mass is 9.85. The molecule has 0 aliphatic heterocycles. The van der Waals surface area contributed by atoms with Gasteiger partial charge in [0, 0.05) is 42.9 Å². The van der Waals surface area contributed by atoms with Crippen molar-refractivity contribution in [1.82, 2.24) is 15.6 Å². The van der Waals surface area contributed by atoms with Crippen LogP contribution < -0.4 is 20.7 Å². The van der Waals surface area contributed by atoms with Crippen molar-refractivity contribution in [2.75, 3.05) is 26.0 Å². The molecule has 0 atom stereocenters. The van der Waals surface area contributed by atoms with E-state index in [9.17, 15) is 4.79 Å². The van der Waals surface area contributed by atoms with E-state index in [1.54, 1.807) is 0 Å². The Kier molecular flexibility index (Phi) is 11.7. The van der Waals surface area contributed by atoms with Gasteiger partial charge >= 0.3 is 0 Å². The third kappa shape index (κ3) is 7.27. The number of aromatic nitrogens is 1. The van der Waals surface area contributed by atoms with Crippen LogP contribution in [0.15, 0.2) is 36.5 Å². The number of carbonyl (C=O) groups is 1. The number of amides is 1. The van der Waals surface area contributed by atoms with Gasteiger partial charge in [-0.25, -0.2) is 4.98 Å². The standard InChI is InChI=1S/C23H32N4O2.2ClH/c1-4-29-21-11-7-17(18-8-12-22(25-3)26-14-18)13-19(21)15-27-23(28)16-5-9-20(24-2)10-6-16;;/h7-8,11-14,16,20,24H,4-6,9-10,15H2,1-3H3,(H,25,26)(H,27,28);2*1H. The Hall–Kier alpha value is -2.02. The molecule has 6 nitrogen and oxygen atoms in total. The van der Waals surface area contributed by atoms with Gasteiger partial charge in [0.2, 0.25) is 5.91 Å². The number of carbonyl (C=O) groups excluding carboxylic acids is 1. The van der Waals surface area contributed by atoms with Crippen LogP contribution in [0.4, 0.5) is 5.82 Å². The van der Waals surface area contributed by atoms with Gasteiger partial charge in [-0.1, -0.05) is 6.07 Å². The van der Waals surface area contributed by atoms with E-state index >= 15 is 0 Å². The van der Waals surface area contributed by atoms with Crippen molar-refractivity contribution in [3.63, 3.8) is 0 Å².